The number of hydrogen-bond donors (Lipinski definition) is 3. The minimum Gasteiger partial charge on any atom is -0.394 e. The summed E-state index contributed by atoms with van der Waals surface area (Å²) in [5, 5.41) is 12.6. The highest BCUT2D eigenvalue weighted by atomic mass is 19.3. The fourth-order valence-electron chi connectivity index (χ4n) is 2.60. The smallest absolute Gasteiger partial charge is 0.239 e. The zero-order chi connectivity index (χ0) is 15.0. The predicted molar refractivity (Wildman–Crippen MR) is 73.9 cm³/mol. The molecule has 0 radical (unpaired) electrons. The highest BCUT2D eigenvalue weighted by Crippen LogP contribution is 2.49. The number of rotatable bonds is 5. The summed E-state index contributed by atoms with van der Waals surface area (Å²) in [5.74, 6) is 0.138. The Bertz CT molecular complexity index is 668. The van der Waals surface area contributed by atoms with E-state index in [9.17, 15) is 13.9 Å². The standard InChI is InChI=1S/C13H15F2N5O/c14-9(15)4-7-5-13(7,6-21)20-11-10-8(2-1-3-17-10)18-12(16)19-11/h1-3,7,9,21H,4-6H2,(H3,16,18,19,20)/t7-,13+/m1/s1. The van der Waals surface area contributed by atoms with E-state index in [1.54, 1.807) is 18.3 Å². The summed E-state index contributed by atoms with van der Waals surface area (Å²) in [5.41, 5.74) is 5.94. The van der Waals surface area contributed by atoms with Crippen molar-refractivity contribution in [3.05, 3.63) is 18.3 Å². The Kier molecular flexibility index (Phi) is 3.32. The fourth-order valence-corrected chi connectivity index (χ4v) is 2.60. The van der Waals surface area contributed by atoms with Gasteiger partial charge in [0.15, 0.2) is 5.82 Å². The number of nitrogens with one attached hydrogen (secondary N) is 1. The van der Waals surface area contributed by atoms with Crippen molar-refractivity contribution in [1.82, 2.24) is 15.0 Å². The molecular formula is C13H15F2N5O. The Morgan fingerprint density at radius 1 is 1.48 bits per heavy atom. The first kappa shape index (κ1) is 13.9. The Labute approximate surface area is 119 Å². The summed E-state index contributed by atoms with van der Waals surface area (Å²) in [6.45, 7) is -0.247. The number of aliphatic hydroxyl groups excluding tert-OH is 1. The van der Waals surface area contributed by atoms with E-state index in [0.29, 0.717) is 23.3 Å². The first-order chi connectivity index (χ1) is 10.0. The number of anilines is 2. The molecular weight excluding hydrogens is 280 g/mol. The van der Waals surface area contributed by atoms with Gasteiger partial charge in [-0.25, -0.2) is 13.8 Å². The first-order valence-corrected chi connectivity index (χ1v) is 6.59. The Morgan fingerprint density at radius 3 is 3.00 bits per heavy atom. The third-order valence-electron chi connectivity index (χ3n) is 3.82. The predicted octanol–water partition coefficient (Wildman–Crippen LogP) is 1.43. The summed E-state index contributed by atoms with van der Waals surface area (Å²) in [6, 6.07) is 3.46. The van der Waals surface area contributed by atoms with Crippen molar-refractivity contribution in [3.8, 4) is 0 Å². The van der Waals surface area contributed by atoms with E-state index in [4.69, 9.17) is 5.73 Å². The number of nitrogens with zero attached hydrogens (tertiary/aromatic N) is 3. The number of nitrogens with two attached hydrogens (primary N) is 1. The van der Waals surface area contributed by atoms with Crippen LogP contribution in [0, 0.1) is 5.92 Å². The number of aromatic nitrogens is 3. The van der Waals surface area contributed by atoms with Crippen molar-refractivity contribution in [3.63, 3.8) is 0 Å². The molecule has 21 heavy (non-hydrogen) atoms. The van der Waals surface area contributed by atoms with Crippen LogP contribution in [0.1, 0.15) is 12.8 Å². The second-order valence-electron chi connectivity index (χ2n) is 5.27. The van der Waals surface area contributed by atoms with Gasteiger partial charge in [-0.2, -0.15) is 4.98 Å². The molecule has 0 aliphatic heterocycles. The van der Waals surface area contributed by atoms with Crippen molar-refractivity contribution >= 4 is 22.8 Å². The molecule has 1 saturated carbocycles. The number of aliphatic hydroxyl groups is 1. The molecule has 3 rings (SSSR count). The van der Waals surface area contributed by atoms with Gasteiger partial charge in [-0.1, -0.05) is 0 Å². The molecule has 0 spiro atoms. The lowest BCUT2D eigenvalue weighted by Crippen LogP contribution is -2.30. The largest absolute Gasteiger partial charge is 0.394 e. The highest BCUT2D eigenvalue weighted by Gasteiger charge is 2.55. The van der Waals surface area contributed by atoms with Gasteiger partial charge in [0.1, 0.15) is 5.52 Å². The second-order valence-corrected chi connectivity index (χ2v) is 5.27. The van der Waals surface area contributed by atoms with E-state index in [1.807, 2.05) is 0 Å². The third-order valence-corrected chi connectivity index (χ3v) is 3.82. The summed E-state index contributed by atoms with van der Waals surface area (Å²) in [6.07, 6.45) is -0.594. The Hall–Kier alpha value is -2.09. The van der Waals surface area contributed by atoms with Crippen LogP contribution in [-0.4, -0.2) is 38.6 Å². The van der Waals surface area contributed by atoms with Gasteiger partial charge in [0.05, 0.1) is 17.7 Å². The van der Waals surface area contributed by atoms with E-state index in [-0.39, 0.29) is 24.9 Å². The molecule has 4 N–H and O–H groups in total. The molecule has 1 aliphatic carbocycles. The molecule has 2 atom stereocenters. The maximum absolute atomic E-state index is 12.5. The van der Waals surface area contributed by atoms with Gasteiger partial charge in [0.2, 0.25) is 12.4 Å². The van der Waals surface area contributed by atoms with Crippen LogP contribution in [0.25, 0.3) is 11.0 Å². The van der Waals surface area contributed by atoms with Crippen LogP contribution in [0.4, 0.5) is 20.5 Å². The van der Waals surface area contributed by atoms with E-state index in [0.717, 1.165) is 0 Å². The minimum absolute atomic E-state index is 0.0668. The van der Waals surface area contributed by atoms with E-state index < -0.39 is 12.0 Å². The number of pyridine rings is 1. The first-order valence-electron chi connectivity index (χ1n) is 6.59. The lowest BCUT2D eigenvalue weighted by molar-refractivity contribution is 0.124. The number of fused-ring (bicyclic) bond motifs is 1. The van der Waals surface area contributed by atoms with Crippen LogP contribution in [-0.2, 0) is 0 Å². The molecule has 2 aromatic heterocycles. The lowest BCUT2D eigenvalue weighted by Gasteiger charge is -2.18. The van der Waals surface area contributed by atoms with Crippen LogP contribution in [0.3, 0.4) is 0 Å². The van der Waals surface area contributed by atoms with Gasteiger partial charge in [0, 0.05) is 12.6 Å². The van der Waals surface area contributed by atoms with E-state index >= 15 is 0 Å². The maximum Gasteiger partial charge on any atom is 0.239 e. The van der Waals surface area contributed by atoms with Gasteiger partial charge < -0.3 is 16.2 Å². The molecule has 2 heterocycles. The molecule has 112 valence electrons. The molecule has 1 aliphatic rings. The van der Waals surface area contributed by atoms with Crippen molar-refractivity contribution < 1.29 is 13.9 Å². The molecule has 0 saturated heterocycles. The summed E-state index contributed by atoms with van der Waals surface area (Å²) >= 11 is 0. The minimum atomic E-state index is -2.39. The molecule has 0 amide bonds. The SMILES string of the molecule is Nc1nc(N[C@]2(CO)C[C@H]2CC(F)F)c2ncccc2n1. The van der Waals surface area contributed by atoms with Gasteiger partial charge in [-0.3, -0.25) is 4.98 Å². The van der Waals surface area contributed by atoms with Crippen LogP contribution in [0.5, 0.6) is 0 Å². The van der Waals surface area contributed by atoms with Crippen molar-refractivity contribution in [2.24, 2.45) is 5.92 Å². The van der Waals surface area contributed by atoms with E-state index in [2.05, 4.69) is 20.3 Å². The summed E-state index contributed by atoms with van der Waals surface area (Å²) < 4.78 is 25.0. The fraction of sp³-hybridized carbons (Fsp3) is 0.462. The molecule has 8 heteroatoms. The quantitative estimate of drug-likeness (QED) is 0.772. The number of hydrogen-bond acceptors (Lipinski definition) is 6. The normalized spacial score (nSPS) is 24.5. The number of halogens is 2. The van der Waals surface area contributed by atoms with Gasteiger partial charge >= 0.3 is 0 Å². The van der Waals surface area contributed by atoms with Gasteiger partial charge in [-0.05, 0) is 24.5 Å². The zero-order valence-electron chi connectivity index (χ0n) is 11.1. The molecule has 1 fully saturated rings. The van der Waals surface area contributed by atoms with Crippen LogP contribution < -0.4 is 11.1 Å². The number of nitrogen functional groups attached to an aromatic ring is 1. The van der Waals surface area contributed by atoms with Crippen LogP contribution >= 0.6 is 0 Å². The lowest BCUT2D eigenvalue weighted by atomic mass is 10.1. The Balaban J connectivity index is 1.91. The maximum atomic E-state index is 12.5. The molecule has 2 aromatic rings. The summed E-state index contributed by atoms with van der Waals surface area (Å²) in [7, 11) is 0. The summed E-state index contributed by atoms with van der Waals surface area (Å²) in [4.78, 5) is 12.3. The molecule has 6 nitrogen and oxygen atoms in total. The van der Waals surface area contributed by atoms with Crippen molar-refractivity contribution in [1.29, 1.82) is 0 Å². The molecule has 0 aromatic carbocycles. The molecule has 0 bridgehead atoms. The van der Waals surface area contributed by atoms with Crippen LogP contribution in [0.15, 0.2) is 18.3 Å². The third kappa shape index (κ3) is 2.58. The second kappa shape index (κ2) is 5.03. The van der Waals surface area contributed by atoms with Crippen molar-refractivity contribution in [2.45, 2.75) is 24.8 Å². The van der Waals surface area contributed by atoms with Gasteiger partial charge in [0.25, 0.3) is 0 Å². The Morgan fingerprint density at radius 2 is 2.29 bits per heavy atom. The van der Waals surface area contributed by atoms with Crippen LogP contribution in [0.2, 0.25) is 0 Å². The topological polar surface area (TPSA) is 97.0 Å². The number of alkyl halides is 2. The molecule has 0 unspecified atom stereocenters. The highest BCUT2D eigenvalue weighted by molar-refractivity contribution is 5.86. The average molecular weight is 295 g/mol. The van der Waals surface area contributed by atoms with Gasteiger partial charge in [-0.15, -0.1) is 0 Å². The van der Waals surface area contributed by atoms with Crippen molar-refractivity contribution in [2.75, 3.05) is 17.7 Å². The zero-order valence-corrected chi connectivity index (χ0v) is 11.1. The monoisotopic (exact) mass is 295 g/mol. The average Bonchev–Trinajstić information content (AvgIpc) is 3.10. The van der Waals surface area contributed by atoms with E-state index in [1.165, 1.54) is 0 Å².